The number of allylic oxidation sites excluding steroid dienone is 2. The van der Waals surface area contributed by atoms with Crippen LogP contribution in [0.3, 0.4) is 0 Å². The van der Waals surface area contributed by atoms with E-state index in [4.69, 9.17) is 0 Å². The molecule has 6 nitrogen and oxygen atoms in total. The molecule has 0 aromatic heterocycles. The number of carbonyl (C=O) groups is 3. The van der Waals surface area contributed by atoms with Crippen LogP contribution in [0.5, 0.6) is 0 Å². The van der Waals surface area contributed by atoms with Crippen LogP contribution in [0.1, 0.15) is 121 Å². The second kappa shape index (κ2) is 10.6. The van der Waals surface area contributed by atoms with Crippen LogP contribution in [-0.2, 0) is 9.59 Å². The van der Waals surface area contributed by atoms with Crippen LogP contribution in [0.25, 0.3) is 0 Å². The lowest BCUT2D eigenvalue weighted by atomic mass is 9.39. The van der Waals surface area contributed by atoms with Crippen molar-refractivity contribution in [3.05, 3.63) is 11.6 Å². The predicted molar refractivity (Wildman–Crippen MR) is 160 cm³/mol. The zero-order chi connectivity index (χ0) is 30.5. The highest BCUT2D eigenvalue weighted by Crippen LogP contribution is 2.68. The first-order valence-electron chi connectivity index (χ1n) is 15.4. The number of hydrogen-bond donors (Lipinski definition) is 2. The number of carbonyl (C=O) groups excluding carboxylic acids is 3. The second-order valence-electron chi connectivity index (χ2n) is 16.1. The quantitative estimate of drug-likeness (QED) is 0.343. The van der Waals surface area contributed by atoms with Crippen molar-refractivity contribution in [1.29, 1.82) is 5.26 Å². The molecule has 2 N–H and O–H groups in total. The molecule has 224 valence electrons. The van der Waals surface area contributed by atoms with Crippen LogP contribution < -0.4 is 10.6 Å². The molecule has 6 atom stereocenters. The van der Waals surface area contributed by atoms with Crippen LogP contribution in [-0.4, -0.2) is 30.2 Å². The first-order valence-corrected chi connectivity index (χ1v) is 15.4. The van der Waals surface area contributed by atoms with Gasteiger partial charge in [0.2, 0.25) is 0 Å². The molecule has 0 radical (unpaired) electrons. The molecule has 0 heterocycles. The molecule has 0 bridgehead atoms. The summed E-state index contributed by atoms with van der Waals surface area (Å²) in [6.07, 6.45) is 9.02. The third-order valence-corrected chi connectivity index (χ3v) is 12.4. The topological polar surface area (TPSA) is 99.1 Å². The molecule has 2 saturated carbocycles. The van der Waals surface area contributed by atoms with Gasteiger partial charge in [0.25, 0.3) is 0 Å². The normalized spacial score (nSPS) is 37.0. The number of hydrogen-bond acceptors (Lipinski definition) is 4. The Morgan fingerprint density at radius 1 is 1.10 bits per heavy atom. The van der Waals surface area contributed by atoms with Gasteiger partial charge in [-0.05, 0) is 91.3 Å². The van der Waals surface area contributed by atoms with E-state index in [-0.39, 0.29) is 56.8 Å². The molecule has 1 unspecified atom stereocenters. The van der Waals surface area contributed by atoms with Crippen LogP contribution in [0.4, 0.5) is 4.79 Å². The van der Waals surface area contributed by atoms with E-state index in [0.717, 1.165) is 44.9 Å². The molecule has 0 aromatic rings. The van der Waals surface area contributed by atoms with Gasteiger partial charge in [0.1, 0.15) is 11.9 Å². The van der Waals surface area contributed by atoms with Gasteiger partial charge in [0, 0.05) is 24.4 Å². The summed E-state index contributed by atoms with van der Waals surface area (Å²) in [5, 5.41) is 16.1. The fraction of sp³-hybridized carbons (Fsp3) is 0.824. The van der Waals surface area contributed by atoms with E-state index in [1.807, 2.05) is 19.9 Å². The smallest absolute Gasteiger partial charge is 0.314 e. The van der Waals surface area contributed by atoms with Gasteiger partial charge in [-0.15, -0.1) is 0 Å². The Hall–Kier alpha value is -2.16. The number of fused-ring (bicyclic) bond motifs is 1. The van der Waals surface area contributed by atoms with Crippen LogP contribution >= 0.6 is 0 Å². The maximum absolute atomic E-state index is 13.3. The predicted octanol–water partition coefficient (Wildman–Crippen LogP) is 7.38. The largest absolute Gasteiger partial charge is 0.341 e. The highest BCUT2D eigenvalue weighted by atomic mass is 16.2. The average Bonchev–Trinajstić information content (AvgIpc) is 2.84. The SMILES string of the molecule is CNC(=O)N[C@]1(CCC(C)(C)[C@]2(C)CC[C@H]3C(C)(C)C(=O)C(C#N)=C[C@]3(C)[C@H]2CC(C)=O)CCC(C)(C)CC1C. The highest BCUT2D eigenvalue weighted by Gasteiger charge is 2.63. The standard InChI is InChI=1S/C34H55N3O3/c1-22-19-29(3,4)14-16-34(22,37-28(40)36-11)17-15-30(5,6)33(10)13-12-25-31(7,8)27(39)24(21-35)20-32(25,9)26(33)18-23(2)38/h20,22,25-26H,12-19H2,1-11H3,(H2,36,37,40)/t22?,25-,26+,32-,33+,34-/m0/s1. The highest BCUT2D eigenvalue weighted by molar-refractivity contribution is 6.04. The lowest BCUT2D eigenvalue weighted by Gasteiger charge is -2.64. The third kappa shape index (κ3) is 5.39. The summed E-state index contributed by atoms with van der Waals surface area (Å²) < 4.78 is 0. The van der Waals surface area contributed by atoms with E-state index in [1.165, 1.54) is 0 Å². The van der Waals surface area contributed by atoms with Crippen molar-refractivity contribution >= 4 is 17.6 Å². The Bertz CT molecular complexity index is 1110. The molecule has 0 spiro atoms. The maximum Gasteiger partial charge on any atom is 0.314 e. The summed E-state index contributed by atoms with van der Waals surface area (Å²) in [4.78, 5) is 38.8. The minimum Gasteiger partial charge on any atom is -0.341 e. The number of rotatable bonds is 7. The molecule has 6 heteroatoms. The van der Waals surface area contributed by atoms with E-state index >= 15 is 0 Å². The first kappa shape index (κ1) is 32.4. The molecule has 2 amide bonds. The monoisotopic (exact) mass is 553 g/mol. The lowest BCUT2D eigenvalue weighted by Crippen LogP contribution is -2.61. The molecule has 0 aromatic carbocycles. The van der Waals surface area contributed by atoms with Gasteiger partial charge in [0.15, 0.2) is 5.78 Å². The number of ketones is 2. The summed E-state index contributed by atoms with van der Waals surface area (Å²) in [5.74, 6) is 0.478. The molecule has 40 heavy (non-hydrogen) atoms. The van der Waals surface area contributed by atoms with E-state index in [1.54, 1.807) is 14.0 Å². The Morgan fingerprint density at radius 3 is 2.25 bits per heavy atom. The van der Waals surface area contributed by atoms with Gasteiger partial charge in [-0.1, -0.05) is 68.4 Å². The van der Waals surface area contributed by atoms with Crippen molar-refractivity contribution in [2.75, 3.05) is 7.05 Å². The third-order valence-electron chi connectivity index (χ3n) is 12.4. The summed E-state index contributed by atoms with van der Waals surface area (Å²) >= 11 is 0. The molecule has 0 aliphatic heterocycles. The lowest BCUT2D eigenvalue weighted by molar-refractivity contribution is -0.156. The summed E-state index contributed by atoms with van der Waals surface area (Å²) in [6.45, 7) is 21.8. The number of urea groups is 1. The van der Waals surface area contributed by atoms with E-state index in [0.29, 0.717) is 12.3 Å². The molecule has 3 aliphatic carbocycles. The minimum atomic E-state index is -0.652. The van der Waals surface area contributed by atoms with E-state index in [2.05, 4.69) is 65.2 Å². The van der Waals surface area contributed by atoms with Crippen molar-refractivity contribution in [2.45, 2.75) is 126 Å². The zero-order valence-corrected chi connectivity index (χ0v) is 27.1. The number of nitriles is 1. The van der Waals surface area contributed by atoms with Crippen molar-refractivity contribution in [3.8, 4) is 6.07 Å². The van der Waals surface area contributed by atoms with E-state index in [9.17, 15) is 19.6 Å². The number of nitrogens with zero attached hydrogens (tertiary/aromatic N) is 1. The van der Waals surface area contributed by atoms with Gasteiger partial charge >= 0.3 is 6.03 Å². The van der Waals surface area contributed by atoms with Gasteiger partial charge in [-0.25, -0.2) is 4.79 Å². The summed E-state index contributed by atoms with van der Waals surface area (Å²) in [6, 6.07) is 2.07. The average molecular weight is 554 g/mol. The molecular formula is C34H55N3O3. The number of nitrogens with one attached hydrogen (secondary N) is 2. The fourth-order valence-electron chi connectivity index (χ4n) is 9.37. The van der Waals surface area contributed by atoms with Crippen molar-refractivity contribution < 1.29 is 14.4 Å². The Labute approximate surface area is 243 Å². The van der Waals surface area contributed by atoms with Crippen molar-refractivity contribution in [3.63, 3.8) is 0 Å². The van der Waals surface area contributed by atoms with E-state index < -0.39 is 10.8 Å². The molecule has 3 aliphatic rings. The fourth-order valence-corrected chi connectivity index (χ4v) is 9.37. The maximum atomic E-state index is 13.3. The van der Waals surface area contributed by atoms with Crippen LogP contribution in [0.15, 0.2) is 11.6 Å². The number of Topliss-reactive ketones (excluding diaryl/α,β-unsaturated/α-hetero) is 2. The molecule has 0 saturated heterocycles. The van der Waals surface area contributed by atoms with Gasteiger partial charge < -0.3 is 15.4 Å². The summed E-state index contributed by atoms with van der Waals surface area (Å²) in [7, 11) is 1.68. The molecular weight excluding hydrogens is 498 g/mol. The van der Waals surface area contributed by atoms with Gasteiger partial charge in [-0.2, -0.15) is 5.26 Å². The number of amides is 2. The van der Waals surface area contributed by atoms with Crippen LogP contribution in [0, 0.1) is 56.2 Å². The van der Waals surface area contributed by atoms with Crippen molar-refractivity contribution in [1.82, 2.24) is 10.6 Å². The first-order chi connectivity index (χ1) is 18.2. The Morgan fingerprint density at radius 2 is 1.73 bits per heavy atom. The Kier molecular flexibility index (Phi) is 8.57. The molecule has 2 fully saturated rings. The second-order valence-corrected chi connectivity index (χ2v) is 16.1. The minimum absolute atomic E-state index is 0.00691. The zero-order valence-electron chi connectivity index (χ0n) is 27.1. The van der Waals surface area contributed by atoms with Gasteiger partial charge in [-0.3, -0.25) is 4.79 Å². The van der Waals surface area contributed by atoms with Crippen LogP contribution in [0.2, 0.25) is 0 Å². The van der Waals surface area contributed by atoms with Gasteiger partial charge in [0.05, 0.1) is 5.57 Å². The Balaban J connectivity index is 2.04. The summed E-state index contributed by atoms with van der Waals surface area (Å²) in [5.41, 5.74) is -1.25. The van der Waals surface area contributed by atoms with Crippen molar-refractivity contribution in [2.24, 2.45) is 44.8 Å². The molecule has 3 rings (SSSR count).